The van der Waals surface area contributed by atoms with Gasteiger partial charge in [0.25, 0.3) is 5.91 Å². The van der Waals surface area contributed by atoms with Crippen molar-refractivity contribution in [1.29, 1.82) is 0 Å². The zero-order valence-electron chi connectivity index (χ0n) is 11.2. The van der Waals surface area contributed by atoms with E-state index >= 15 is 0 Å². The van der Waals surface area contributed by atoms with Gasteiger partial charge in [-0.3, -0.25) is 4.79 Å². The monoisotopic (exact) mass is 251 g/mol. The van der Waals surface area contributed by atoms with Gasteiger partial charge in [-0.25, -0.2) is 0 Å². The number of aryl methyl sites for hydroxylation is 2. The summed E-state index contributed by atoms with van der Waals surface area (Å²) >= 11 is 0. The van der Waals surface area contributed by atoms with E-state index in [1.54, 1.807) is 0 Å². The first-order valence-corrected chi connectivity index (χ1v) is 6.07. The molecule has 0 saturated carbocycles. The van der Waals surface area contributed by atoms with Crippen molar-refractivity contribution < 1.29 is 14.6 Å². The van der Waals surface area contributed by atoms with E-state index in [9.17, 15) is 9.90 Å². The van der Waals surface area contributed by atoms with Crippen molar-refractivity contribution in [3.05, 3.63) is 34.9 Å². The first kappa shape index (κ1) is 14.7. The number of hydrogen-bond donors (Lipinski definition) is 2. The van der Waals surface area contributed by atoms with Crippen molar-refractivity contribution in [2.45, 2.75) is 26.4 Å². The molecule has 0 aliphatic heterocycles. The van der Waals surface area contributed by atoms with Gasteiger partial charge in [-0.1, -0.05) is 17.7 Å². The van der Waals surface area contributed by atoms with Gasteiger partial charge >= 0.3 is 0 Å². The largest absolute Gasteiger partial charge is 0.391 e. The van der Waals surface area contributed by atoms with Crippen LogP contribution in [0.3, 0.4) is 0 Å². The molecule has 1 amide bonds. The summed E-state index contributed by atoms with van der Waals surface area (Å²) in [4.78, 5) is 11.9. The van der Waals surface area contributed by atoms with Gasteiger partial charge in [-0.15, -0.1) is 0 Å². The number of carbonyl (C=O) groups excluding carboxylic acids is 1. The summed E-state index contributed by atoms with van der Waals surface area (Å²) in [6, 6.07) is 5.79. The van der Waals surface area contributed by atoms with E-state index in [0.717, 1.165) is 11.1 Å². The summed E-state index contributed by atoms with van der Waals surface area (Å²) in [5.41, 5.74) is 2.71. The lowest BCUT2D eigenvalue weighted by Crippen LogP contribution is -2.29. The number of ether oxygens (including phenoxy) is 1. The Morgan fingerprint density at radius 3 is 2.83 bits per heavy atom. The van der Waals surface area contributed by atoms with Gasteiger partial charge in [-0.2, -0.15) is 0 Å². The van der Waals surface area contributed by atoms with Crippen molar-refractivity contribution >= 4 is 5.91 Å². The number of aliphatic hydroxyl groups is 1. The van der Waals surface area contributed by atoms with Crippen LogP contribution in [0.1, 0.15) is 27.9 Å². The fourth-order valence-corrected chi connectivity index (χ4v) is 1.70. The zero-order valence-corrected chi connectivity index (χ0v) is 11.2. The molecule has 0 aliphatic carbocycles. The molecule has 0 aromatic heterocycles. The number of amides is 1. The van der Waals surface area contributed by atoms with Gasteiger partial charge in [0, 0.05) is 19.2 Å². The van der Waals surface area contributed by atoms with E-state index in [2.05, 4.69) is 5.32 Å². The van der Waals surface area contributed by atoms with E-state index in [0.29, 0.717) is 25.1 Å². The van der Waals surface area contributed by atoms with E-state index in [-0.39, 0.29) is 5.91 Å². The summed E-state index contributed by atoms with van der Waals surface area (Å²) < 4.78 is 4.82. The molecule has 4 heteroatoms. The molecule has 1 unspecified atom stereocenters. The third-order valence-electron chi connectivity index (χ3n) is 2.76. The highest BCUT2D eigenvalue weighted by molar-refractivity contribution is 5.95. The molecule has 1 rings (SSSR count). The van der Waals surface area contributed by atoms with Gasteiger partial charge < -0.3 is 15.2 Å². The number of hydrogen-bond acceptors (Lipinski definition) is 3. The second-order valence-electron chi connectivity index (χ2n) is 4.47. The number of rotatable bonds is 6. The van der Waals surface area contributed by atoms with Gasteiger partial charge in [0.05, 0.1) is 12.7 Å². The minimum Gasteiger partial charge on any atom is -0.391 e. The van der Waals surface area contributed by atoms with Crippen molar-refractivity contribution in [3.8, 4) is 0 Å². The second kappa shape index (κ2) is 7.13. The number of carbonyl (C=O) groups is 1. The lowest BCUT2D eigenvalue weighted by atomic mass is 10.1. The minimum absolute atomic E-state index is 0.0965. The molecule has 18 heavy (non-hydrogen) atoms. The standard InChI is InChI=1S/C14H21NO3/c1-10-4-5-11(2)13(8-10)14(17)15-7-6-12(16)9-18-3/h4-5,8,12,16H,6-7,9H2,1-3H3,(H,15,17). The lowest BCUT2D eigenvalue weighted by Gasteiger charge is -2.11. The fraction of sp³-hybridized carbons (Fsp3) is 0.500. The van der Waals surface area contributed by atoms with Crippen LogP contribution in [0.4, 0.5) is 0 Å². The summed E-state index contributed by atoms with van der Waals surface area (Å²) in [6.45, 7) is 4.60. The van der Waals surface area contributed by atoms with Crippen LogP contribution >= 0.6 is 0 Å². The third-order valence-corrected chi connectivity index (χ3v) is 2.76. The molecule has 0 saturated heterocycles. The Kier molecular flexibility index (Phi) is 5.82. The summed E-state index contributed by atoms with van der Waals surface area (Å²) in [5, 5.41) is 12.3. The smallest absolute Gasteiger partial charge is 0.251 e. The van der Waals surface area contributed by atoms with Gasteiger partial charge in [0.1, 0.15) is 0 Å². The van der Waals surface area contributed by atoms with E-state index < -0.39 is 6.10 Å². The van der Waals surface area contributed by atoms with Crippen molar-refractivity contribution in [1.82, 2.24) is 5.32 Å². The van der Waals surface area contributed by atoms with Gasteiger partial charge in [0.15, 0.2) is 0 Å². The normalized spacial score (nSPS) is 12.2. The highest BCUT2D eigenvalue weighted by Crippen LogP contribution is 2.10. The SMILES string of the molecule is COCC(O)CCNC(=O)c1cc(C)ccc1C. The van der Waals surface area contributed by atoms with Gasteiger partial charge in [0.2, 0.25) is 0 Å². The first-order chi connectivity index (χ1) is 8.54. The predicted molar refractivity (Wildman–Crippen MR) is 70.7 cm³/mol. The molecule has 1 atom stereocenters. The highest BCUT2D eigenvalue weighted by Gasteiger charge is 2.09. The molecule has 0 fully saturated rings. The number of benzene rings is 1. The van der Waals surface area contributed by atoms with Crippen LogP contribution in [-0.2, 0) is 4.74 Å². The molecular formula is C14H21NO3. The van der Waals surface area contributed by atoms with Crippen LogP contribution in [-0.4, -0.2) is 37.4 Å². The van der Waals surface area contributed by atoms with Crippen LogP contribution in [0.15, 0.2) is 18.2 Å². The van der Waals surface area contributed by atoms with Crippen molar-refractivity contribution in [3.63, 3.8) is 0 Å². The van der Waals surface area contributed by atoms with Crippen LogP contribution in [0.5, 0.6) is 0 Å². The molecule has 0 radical (unpaired) electrons. The molecule has 0 aliphatic rings. The van der Waals surface area contributed by atoms with Gasteiger partial charge in [-0.05, 0) is 31.9 Å². The molecule has 4 nitrogen and oxygen atoms in total. The average molecular weight is 251 g/mol. The Bertz CT molecular complexity index is 404. The van der Waals surface area contributed by atoms with E-state index in [4.69, 9.17) is 4.74 Å². The third kappa shape index (κ3) is 4.47. The van der Waals surface area contributed by atoms with Crippen molar-refractivity contribution in [2.75, 3.05) is 20.3 Å². The molecule has 1 aromatic carbocycles. The highest BCUT2D eigenvalue weighted by atomic mass is 16.5. The Balaban J connectivity index is 2.48. The van der Waals surface area contributed by atoms with Crippen LogP contribution in [0.25, 0.3) is 0 Å². The van der Waals surface area contributed by atoms with Crippen LogP contribution in [0.2, 0.25) is 0 Å². The number of methoxy groups -OCH3 is 1. The Hall–Kier alpha value is -1.39. The van der Waals surface area contributed by atoms with Crippen LogP contribution in [0, 0.1) is 13.8 Å². The Morgan fingerprint density at radius 2 is 2.17 bits per heavy atom. The fourth-order valence-electron chi connectivity index (χ4n) is 1.70. The van der Waals surface area contributed by atoms with Crippen LogP contribution < -0.4 is 5.32 Å². The first-order valence-electron chi connectivity index (χ1n) is 6.07. The summed E-state index contributed by atoms with van der Waals surface area (Å²) in [5.74, 6) is -0.0965. The van der Waals surface area contributed by atoms with E-state index in [1.165, 1.54) is 7.11 Å². The Morgan fingerprint density at radius 1 is 1.44 bits per heavy atom. The molecule has 1 aromatic rings. The maximum absolute atomic E-state index is 11.9. The number of aliphatic hydroxyl groups excluding tert-OH is 1. The molecule has 0 bridgehead atoms. The molecule has 0 heterocycles. The Labute approximate surface area is 108 Å². The van der Waals surface area contributed by atoms with Crippen molar-refractivity contribution in [2.24, 2.45) is 0 Å². The molecule has 100 valence electrons. The lowest BCUT2D eigenvalue weighted by molar-refractivity contribution is 0.0587. The second-order valence-corrected chi connectivity index (χ2v) is 4.47. The summed E-state index contributed by atoms with van der Waals surface area (Å²) in [6.07, 6.45) is -0.0429. The minimum atomic E-state index is -0.533. The zero-order chi connectivity index (χ0) is 13.5. The maximum atomic E-state index is 11.9. The maximum Gasteiger partial charge on any atom is 0.251 e. The quantitative estimate of drug-likeness (QED) is 0.804. The molecule has 2 N–H and O–H groups in total. The molecular weight excluding hydrogens is 230 g/mol. The topological polar surface area (TPSA) is 58.6 Å². The molecule has 0 spiro atoms. The predicted octanol–water partition coefficient (Wildman–Crippen LogP) is 1.43. The number of nitrogens with one attached hydrogen (secondary N) is 1. The van der Waals surface area contributed by atoms with E-state index in [1.807, 2.05) is 32.0 Å². The summed E-state index contributed by atoms with van der Waals surface area (Å²) in [7, 11) is 1.54. The average Bonchev–Trinajstić information content (AvgIpc) is 2.32.